The van der Waals surface area contributed by atoms with Crippen molar-refractivity contribution in [3.05, 3.63) is 59.0 Å². The number of benzene rings is 2. The first-order valence-corrected chi connectivity index (χ1v) is 13.0. The van der Waals surface area contributed by atoms with Gasteiger partial charge in [-0.15, -0.1) is 11.3 Å². The highest BCUT2D eigenvalue weighted by Gasteiger charge is 2.43. The third-order valence-corrected chi connectivity index (χ3v) is 7.82. The van der Waals surface area contributed by atoms with Gasteiger partial charge in [0.15, 0.2) is 11.1 Å². The zero-order valence-electron chi connectivity index (χ0n) is 21.8. The topological polar surface area (TPSA) is 75.8 Å². The second-order valence-electron chi connectivity index (χ2n) is 10.8. The number of anilines is 1. The summed E-state index contributed by atoms with van der Waals surface area (Å²) < 4.78 is 6.28. The molecule has 35 heavy (non-hydrogen) atoms. The Hall–Kier alpha value is -2.90. The predicted molar refractivity (Wildman–Crippen MR) is 148 cm³/mol. The second-order valence-corrected chi connectivity index (χ2v) is 11.6. The summed E-state index contributed by atoms with van der Waals surface area (Å²) in [4.78, 5) is 12.1. The van der Waals surface area contributed by atoms with E-state index in [1.165, 1.54) is 16.9 Å². The molecule has 0 spiro atoms. The SMILES string of the molecule is Cc1ccc(Oc2ccccc2-c2csc(NC(N)=NC3CC(C)(C)N(C)C(C)(C)C3)n2)c(C)c1. The molecule has 0 unspecified atom stereocenters. The van der Waals surface area contributed by atoms with E-state index in [1.54, 1.807) is 0 Å². The first kappa shape index (κ1) is 25.2. The van der Waals surface area contributed by atoms with Gasteiger partial charge in [-0.2, -0.15) is 0 Å². The van der Waals surface area contributed by atoms with Crippen molar-refractivity contribution in [2.75, 3.05) is 12.4 Å². The summed E-state index contributed by atoms with van der Waals surface area (Å²) in [5, 5.41) is 5.94. The van der Waals surface area contributed by atoms with E-state index in [9.17, 15) is 0 Å². The molecule has 7 heteroatoms. The van der Waals surface area contributed by atoms with Crippen LogP contribution in [0.2, 0.25) is 0 Å². The lowest BCUT2D eigenvalue weighted by Gasteiger charge is -2.52. The Kier molecular flexibility index (Phi) is 6.93. The summed E-state index contributed by atoms with van der Waals surface area (Å²) in [6, 6.07) is 14.3. The fourth-order valence-corrected chi connectivity index (χ4v) is 5.72. The molecule has 3 aromatic rings. The maximum absolute atomic E-state index is 6.32. The second kappa shape index (κ2) is 9.63. The number of para-hydroxylation sites is 1. The van der Waals surface area contributed by atoms with Crippen LogP contribution < -0.4 is 15.8 Å². The van der Waals surface area contributed by atoms with Gasteiger partial charge in [0.1, 0.15) is 11.5 Å². The number of ether oxygens (including phenoxy) is 1. The Morgan fingerprint density at radius 1 is 1.09 bits per heavy atom. The fraction of sp³-hybridized carbons (Fsp3) is 0.429. The molecule has 4 rings (SSSR count). The van der Waals surface area contributed by atoms with Crippen molar-refractivity contribution in [1.82, 2.24) is 9.88 Å². The summed E-state index contributed by atoms with van der Waals surface area (Å²) in [5.74, 6) is 2.03. The van der Waals surface area contributed by atoms with Gasteiger partial charge in [-0.3, -0.25) is 4.90 Å². The van der Waals surface area contributed by atoms with Crippen molar-refractivity contribution >= 4 is 22.4 Å². The lowest BCUT2D eigenvalue weighted by atomic mass is 9.78. The van der Waals surface area contributed by atoms with Crippen LogP contribution in [0.1, 0.15) is 51.7 Å². The number of nitrogens with one attached hydrogen (secondary N) is 1. The number of thiazole rings is 1. The fourth-order valence-electron chi connectivity index (χ4n) is 5.00. The first-order valence-electron chi connectivity index (χ1n) is 12.1. The van der Waals surface area contributed by atoms with E-state index >= 15 is 0 Å². The Bertz CT molecular complexity index is 1210. The largest absolute Gasteiger partial charge is 0.456 e. The third kappa shape index (κ3) is 5.68. The number of hydrogen-bond donors (Lipinski definition) is 2. The summed E-state index contributed by atoms with van der Waals surface area (Å²) in [7, 11) is 2.19. The first-order chi connectivity index (χ1) is 16.4. The molecular weight excluding hydrogens is 454 g/mol. The van der Waals surface area contributed by atoms with E-state index in [2.05, 4.69) is 70.9 Å². The quantitative estimate of drug-likeness (QED) is 0.311. The average Bonchev–Trinajstić information content (AvgIpc) is 3.22. The molecule has 1 saturated heterocycles. The van der Waals surface area contributed by atoms with E-state index in [0.717, 1.165) is 41.2 Å². The summed E-state index contributed by atoms with van der Waals surface area (Å²) in [6.45, 7) is 13.2. The van der Waals surface area contributed by atoms with E-state index in [1.807, 2.05) is 35.7 Å². The summed E-state index contributed by atoms with van der Waals surface area (Å²) in [5.41, 5.74) is 10.5. The molecule has 0 saturated carbocycles. The van der Waals surface area contributed by atoms with E-state index in [4.69, 9.17) is 20.4 Å². The minimum atomic E-state index is 0.0596. The predicted octanol–water partition coefficient (Wildman–Crippen LogP) is 6.60. The molecule has 0 amide bonds. The van der Waals surface area contributed by atoms with Crippen molar-refractivity contribution in [2.24, 2.45) is 10.7 Å². The Morgan fingerprint density at radius 2 is 1.77 bits per heavy atom. The third-order valence-electron chi connectivity index (χ3n) is 7.06. The number of nitrogens with zero attached hydrogens (tertiary/aromatic N) is 3. The standard InChI is InChI=1S/C28H37N5OS/c1-18-12-13-23(19(2)14-18)34-24-11-9-8-10-21(24)22-17-35-26(31-22)32-25(29)30-20-15-27(3,4)33(7)28(5,6)16-20/h8-14,17,20H,15-16H2,1-7H3,(H3,29,30,31,32). The normalized spacial score (nSPS) is 18.4. The number of aryl methyl sites for hydroxylation is 2. The molecule has 0 aliphatic carbocycles. The molecule has 186 valence electrons. The van der Waals surface area contributed by atoms with Gasteiger partial charge >= 0.3 is 0 Å². The zero-order chi connectivity index (χ0) is 25.4. The molecule has 1 fully saturated rings. The van der Waals surface area contributed by atoms with Crippen molar-refractivity contribution in [2.45, 2.75) is 71.5 Å². The maximum Gasteiger partial charge on any atom is 0.195 e. The van der Waals surface area contributed by atoms with Gasteiger partial charge in [0.05, 0.1) is 11.7 Å². The number of guanidine groups is 1. The molecule has 0 radical (unpaired) electrons. The summed E-state index contributed by atoms with van der Waals surface area (Å²) in [6.07, 6.45) is 1.92. The minimum absolute atomic E-state index is 0.0596. The highest BCUT2D eigenvalue weighted by atomic mass is 32.1. The van der Waals surface area contributed by atoms with Crippen LogP contribution >= 0.6 is 11.3 Å². The van der Waals surface area contributed by atoms with Gasteiger partial charge in [0.25, 0.3) is 0 Å². The smallest absolute Gasteiger partial charge is 0.195 e. The number of hydrogen-bond acceptors (Lipinski definition) is 5. The molecule has 0 bridgehead atoms. The van der Waals surface area contributed by atoms with Gasteiger partial charge < -0.3 is 15.8 Å². The molecule has 2 heterocycles. The van der Waals surface area contributed by atoms with Crippen LogP contribution in [-0.4, -0.2) is 40.0 Å². The van der Waals surface area contributed by atoms with E-state index in [0.29, 0.717) is 11.1 Å². The highest BCUT2D eigenvalue weighted by Crippen LogP contribution is 2.38. The highest BCUT2D eigenvalue weighted by molar-refractivity contribution is 7.14. The Labute approximate surface area is 213 Å². The van der Waals surface area contributed by atoms with E-state index < -0.39 is 0 Å². The van der Waals surface area contributed by atoms with Gasteiger partial charge in [0.2, 0.25) is 0 Å². The molecule has 3 N–H and O–H groups in total. The molecule has 6 nitrogen and oxygen atoms in total. The Morgan fingerprint density at radius 3 is 2.46 bits per heavy atom. The summed E-state index contributed by atoms with van der Waals surface area (Å²) >= 11 is 1.51. The van der Waals surface area contributed by atoms with Gasteiger partial charge in [-0.05, 0) is 85.2 Å². The molecule has 2 aromatic carbocycles. The molecule has 1 aromatic heterocycles. The van der Waals surface area contributed by atoms with Crippen LogP contribution in [0.4, 0.5) is 5.13 Å². The average molecular weight is 492 g/mol. The zero-order valence-corrected chi connectivity index (χ0v) is 22.7. The number of aliphatic imine (C=N–C) groups is 1. The van der Waals surface area contributed by atoms with Crippen molar-refractivity contribution in [1.29, 1.82) is 0 Å². The molecule has 1 aliphatic heterocycles. The van der Waals surface area contributed by atoms with Gasteiger partial charge in [0, 0.05) is 22.0 Å². The number of likely N-dealkylation sites (tertiary alicyclic amines) is 1. The lowest BCUT2D eigenvalue weighted by molar-refractivity contribution is -0.0107. The van der Waals surface area contributed by atoms with Crippen LogP contribution in [0, 0.1) is 13.8 Å². The number of rotatable bonds is 5. The van der Waals surface area contributed by atoms with Gasteiger partial charge in [-0.1, -0.05) is 29.8 Å². The van der Waals surface area contributed by atoms with Crippen LogP contribution in [0.15, 0.2) is 52.8 Å². The molecular formula is C28H37N5OS. The lowest BCUT2D eigenvalue weighted by Crippen LogP contribution is -2.59. The molecule has 1 aliphatic rings. The minimum Gasteiger partial charge on any atom is -0.456 e. The van der Waals surface area contributed by atoms with Crippen LogP contribution in [0.5, 0.6) is 11.5 Å². The maximum atomic E-state index is 6.32. The Balaban J connectivity index is 1.50. The van der Waals surface area contributed by atoms with Gasteiger partial charge in [-0.25, -0.2) is 9.98 Å². The number of aromatic nitrogens is 1. The molecule has 0 atom stereocenters. The van der Waals surface area contributed by atoms with E-state index in [-0.39, 0.29) is 17.1 Å². The van der Waals surface area contributed by atoms with Crippen LogP contribution in [0.25, 0.3) is 11.3 Å². The van der Waals surface area contributed by atoms with Crippen LogP contribution in [-0.2, 0) is 0 Å². The number of piperidine rings is 1. The van der Waals surface area contributed by atoms with Crippen molar-refractivity contribution < 1.29 is 4.74 Å². The monoisotopic (exact) mass is 491 g/mol. The van der Waals surface area contributed by atoms with Crippen molar-refractivity contribution in [3.8, 4) is 22.8 Å². The van der Waals surface area contributed by atoms with Crippen molar-refractivity contribution in [3.63, 3.8) is 0 Å². The number of nitrogens with two attached hydrogens (primary N) is 1. The van der Waals surface area contributed by atoms with Crippen LogP contribution in [0.3, 0.4) is 0 Å².